The highest BCUT2D eigenvalue weighted by Crippen LogP contribution is 2.38. The van der Waals surface area contributed by atoms with Crippen LogP contribution >= 0.6 is 27.3 Å². The third-order valence-corrected chi connectivity index (χ3v) is 4.27. The zero-order valence-electron chi connectivity index (χ0n) is 10.0. The van der Waals surface area contributed by atoms with E-state index in [1.54, 1.807) is 14.2 Å². The third-order valence-electron chi connectivity index (χ3n) is 2.63. The average molecular weight is 329 g/mol. The molecule has 2 rings (SSSR count). The summed E-state index contributed by atoms with van der Waals surface area (Å²) in [7, 11) is 3.21. The van der Waals surface area contributed by atoms with Crippen molar-refractivity contribution in [3.63, 3.8) is 0 Å². The van der Waals surface area contributed by atoms with Crippen molar-refractivity contribution in [1.29, 1.82) is 0 Å². The van der Waals surface area contributed by atoms with E-state index in [-0.39, 0.29) is 0 Å². The van der Waals surface area contributed by atoms with Crippen molar-refractivity contribution in [1.82, 2.24) is 0 Å². The summed E-state index contributed by atoms with van der Waals surface area (Å²) in [6.45, 7) is 0. The molecule has 0 radical (unpaired) electrons. The van der Waals surface area contributed by atoms with Gasteiger partial charge in [-0.15, -0.1) is 11.3 Å². The van der Waals surface area contributed by atoms with Gasteiger partial charge in [-0.05, 0) is 23.6 Å². The lowest BCUT2D eigenvalue weighted by Gasteiger charge is -2.14. The largest absolute Gasteiger partial charge is 0.497 e. The minimum absolute atomic E-state index is 0.704. The standard InChI is InChI=1S/C13H13BrO3S/c1-16-8-3-4-9(10(14)7-8)12(15)13-11(17-2)5-6-18-13/h3-7,12,15H,1-2H3. The lowest BCUT2D eigenvalue weighted by Crippen LogP contribution is -2.00. The molecule has 1 unspecified atom stereocenters. The number of halogens is 1. The van der Waals surface area contributed by atoms with E-state index in [0.29, 0.717) is 5.75 Å². The average Bonchev–Trinajstić information content (AvgIpc) is 2.86. The summed E-state index contributed by atoms with van der Waals surface area (Å²) in [5, 5.41) is 12.3. The topological polar surface area (TPSA) is 38.7 Å². The number of ether oxygens (including phenoxy) is 2. The van der Waals surface area contributed by atoms with Crippen LogP contribution in [0.25, 0.3) is 0 Å². The van der Waals surface area contributed by atoms with Crippen LogP contribution in [0.1, 0.15) is 16.5 Å². The Balaban J connectivity index is 2.37. The van der Waals surface area contributed by atoms with Gasteiger partial charge in [0.2, 0.25) is 0 Å². The lowest BCUT2D eigenvalue weighted by atomic mass is 10.1. The van der Waals surface area contributed by atoms with Crippen molar-refractivity contribution in [2.45, 2.75) is 6.10 Å². The van der Waals surface area contributed by atoms with Crippen molar-refractivity contribution < 1.29 is 14.6 Å². The van der Waals surface area contributed by atoms with Gasteiger partial charge in [0.1, 0.15) is 17.6 Å². The predicted octanol–water partition coefficient (Wildman–Crippen LogP) is 3.61. The van der Waals surface area contributed by atoms with Crippen LogP contribution in [0, 0.1) is 0 Å². The zero-order valence-corrected chi connectivity index (χ0v) is 12.4. The molecule has 0 saturated heterocycles. The molecule has 1 heterocycles. The highest BCUT2D eigenvalue weighted by molar-refractivity contribution is 9.10. The maximum absolute atomic E-state index is 10.4. The van der Waals surface area contributed by atoms with Crippen LogP contribution in [-0.2, 0) is 0 Å². The summed E-state index contributed by atoms with van der Waals surface area (Å²) < 4.78 is 11.2. The first-order valence-electron chi connectivity index (χ1n) is 5.30. The Hall–Kier alpha value is -1.04. The fraction of sp³-hybridized carbons (Fsp3) is 0.231. The number of aliphatic hydroxyl groups is 1. The monoisotopic (exact) mass is 328 g/mol. The van der Waals surface area contributed by atoms with Gasteiger partial charge in [0, 0.05) is 10.0 Å². The number of rotatable bonds is 4. The smallest absolute Gasteiger partial charge is 0.135 e. The summed E-state index contributed by atoms with van der Waals surface area (Å²) in [5.74, 6) is 1.45. The molecule has 0 aliphatic carbocycles. The van der Waals surface area contributed by atoms with Gasteiger partial charge in [-0.2, -0.15) is 0 Å². The number of methoxy groups -OCH3 is 2. The summed E-state index contributed by atoms with van der Waals surface area (Å²) in [4.78, 5) is 0.795. The Labute approximate surface area is 118 Å². The van der Waals surface area contributed by atoms with Gasteiger partial charge in [-0.1, -0.05) is 22.0 Å². The molecule has 1 aromatic heterocycles. The second kappa shape index (κ2) is 5.73. The Morgan fingerprint density at radius 3 is 2.61 bits per heavy atom. The molecule has 2 aromatic rings. The molecule has 3 nitrogen and oxygen atoms in total. The number of hydrogen-bond donors (Lipinski definition) is 1. The molecule has 0 aliphatic heterocycles. The summed E-state index contributed by atoms with van der Waals surface area (Å²) in [5.41, 5.74) is 0.788. The molecule has 1 atom stereocenters. The molecule has 0 spiro atoms. The number of thiophene rings is 1. The maximum Gasteiger partial charge on any atom is 0.135 e. The van der Waals surface area contributed by atoms with Crippen LogP contribution in [-0.4, -0.2) is 19.3 Å². The minimum Gasteiger partial charge on any atom is -0.497 e. The number of hydrogen-bond acceptors (Lipinski definition) is 4. The Morgan fingerprint density at radius 2 is 2.00 bits per heavy atom. The molecule has 0 bridgehead atoms. The predicted molar refractivity (Wildman–Crippen MR) is 75.6 cm³/mol. The van der Waals surface area contributed by atoms with E-state index in [0.717, 1.165) is 20.7 Å². The van der Waals surface area contributed by atoms with Gasteiger partial charge < -0.3 is 14.6 Å². The van der Waals surface area contributed by atoms with E-state index < -0.39 is 6.10 Å². The van der Waals surface area contributed by atoms with Crippen LogP contribution < -0.4 is 9.47 Å². The molecule has 0 saturated carbocycles. The molecular weight excluding hydrogens is 316 g/mol. The highest BCUT2D eigenvalue weighted by atomic mass is 79.9. The van der Waals surface area contributed by atoms with Crippen molar-refractivity contribution in [3.8, 4) is 11.5 Å². The van der Waals surface area contributed by atoms with Crippen LogP contribution in [0.3, 0.4) is 0 Å². The first-order valence-corrected chi connectivity index (χ1v) is 6.97. The minimum atomic E-state index is -0.708. The first kappa shape index (κ1) is 13.4. The van der Waals surface area contributed by atoms with Crippen molar-refractivity contribution in [2.75, 3.05) is 14.2 Å². The van der Waals surface area contributed by atoms with Crippen LogP contribution in [0.15, 0.2) is 34.1 Å². The van der Waals surface area contributed by atoms with Gasteiger partial charge in [-0.3, -0.25) is 0 Å². The molecule has 1 aromatic carbocycles. The van der Waals surface area contributed by atoms with Crippen molar-refractivity contribution in [2.24, 2.45) is 0 Å². The Bertz CT molecular complexity index is 539. The van der Waals surface area contributed by atoms with E-state index >= 15 is 0 Å². The maximum atomic E-state index is 10.4. The number of aliphatic hydroxyl groups excluding tert-OH is 1. The summed E-state index contributed by atoms with van der Waals surface area (Å²) in [6, 6.07) is 7.34. The molecule has 5 heteroatoms. The van der Waals surface area contributed by atoms with Crippen molar-refractivity contribution >= 4 is 27.3 Å². The van der Waals surface area contributed by atoms with Gasteiger partial charge in [-0.25, -0.2) is 0 Å². The molecule has 0 aliphatic rings. The lowest BCUT2D eigenvalue weighted by molar-refractivity contribution is 0.218. The van der Waals surface area contributed by atoms with E-state index in [9.17, 15) is 5.11 Å². The zero-order chi connectivity index (χ0) is 13.1. The molecule has 18 heavy (non-hydrogen) atoms. The van der Waals surface area contributed by atoms with Crippen molar-refractivity contribution in [3.05, 3.63) is 44.6 Å². The van der Waals surface area contributed by atoms with E-state index in [1.165, 1.54) is 11.3 Å². The van der Waals surface area contributed by atoms with Crippen LogP contribution in [0.5, 0.6) is 11.5 Å². The summed E-state index contributed by atoms with van der Waals surface area (Å²) in [6.07, 6.45) is -0.708. The fourth-order valence-electron chi connectivity index (χ4n) is 1.67. The first-order chi connectivity index (χ1) is 8.67. The summed E-state index contributed by atoms with van der Waals surface area (Å²) >= 11 is 4.91. The van der Waals surface area contributed by atoms with E-state index in [1.807, 2.05) is 29.6 Å². The van der Waals surface area contributed by atoms with Crippen LogP contribution in [0.2, 0.25) is 0 Å². The van der Waals surface area contributed by atoms with Gasteiger partial charge in [0.25, 0.3) is 0 Å². The quantitative estimate of drug-likeness (QED) is 0.931. The SMILES string of the molecule is COc1ccc(C(O)c2sccc2OC)c(Br)c1. The molecule has 0 amide bonds. The van der Waals surface area contributed by atoms with Gasteiger partial charge >= 0.3 is 0 Å². The van der Waals surface area contributed by atoms with Gasteiger partial charge in [0.05, 0.1) is 19.1 Å². The highest BCUT2D eigenvalue weighted by Gasteiger charge is 2.19. The van der Waals surface area contributed by atoms with Gasteiger partial charge in [0.15, 0.2) is 0 Å². The molecule has 0 fully saturated rings. The van der Waals surface area contributed by atoms with E-state index in [2.05, 4.69) is 15.9 Å². The molecular formula is C13H13BrO3S. The Kier molecular flexibility index (Phi) is 4.27. The fourth-order valence-corrected chi connectivity index (χ4v) is 3.11. The Morgan fingerprint density at radius 1 is 1.22 bits per heavy atom. The number of benzene rings is 1. The van der Waals surface area contributed by atoms with E-state index in [4.69, 9.17) is 9.47 Å². The second-order valence-electron chi connectivity index (χ2n) is 3.64. The normalized spacial score (nSPS) is 12.2. The second-order valence-corrected chi connectivity index (χ2v) is 5.45. The molecule has 96 valence electrons. The molecule has 1 N–H and O–H groups in total. The van der Waals surface area contributed by atoms with Crippen LogP contribution in [0.4, 0.5) is 0 Å². The third kappa shape index (κ3) is 2.53.